The molecule has 0 bridgehead atoms. The van der Waals surface area contributed by atoms with Crippen LogP contribution < -0.4 is 5.32 Å². The molecule has 0 saturated carbocycles. The molecule has 2 heterocycles. The Kier molecular flexibility index (Phi) is 4.92. The maximum absolute atomic E-state index is 12.8. The molecule has 0 aliphatic heterocycles. The van der Waals surface area contributed by atoms with Gasteiger partial charge >= 0.3 is 6.18 Å². The quantitative estimate of drug-likeness (QED) is 0.704. The number of benzene rings is 1. The molecule has 3 rings (SSSR count). The van der Waals surface area contributed by atoms with Crippen LogP contribution in [0.15, 0.2) is 61.2 Å². The van der Waals surface area contributed by atoms with E-state index in [1.165, 1.54) is 24.5 Å². The van der Waals surface area contributed by atoms with Crippen LogP contribution in [0.2, 0.25) is 0 Å². The molecular formula is C18H13F3N4O. The summed E-state index contributed by atoms with van der Waals surface area (Å²) in [6, 6.07) is 7.93. The third-order valence-corrected chi connectivity index (χ3v) is 3.54. The van der Waals surface area contributed by atoms with Gasteiger partial charge in [0, 0.05) is 36.9 Å². The molecule has 0 amide bonds. The van der Waals surface area contributed by atoms with Crippen LogP contribution >= 0.6 is 0 Å². The second-order valence-corrected chi connectivity index (χ2v) is 5.42. The number of hydrogen-bond acceptors (Lipinski definition) is 5. The van der Waals surface area contributed by atoms with Gasteiger partial charge in [0.2, 0.25) is 5.95 Å². The van der Waals surface area contributed by atoms with Crippen molar-refractivity contribution in [2.24, 2.45) is 0 Å². The Morgan fingerprint density at radius 3 is 2.42 bits per heavy atom. The smallest absolute Gasteiger partial charge is 0.350 e. The Hall–Kier alpha value is -3.29. The van der Waals surface area contributed by atoms with Crippen molar-refractivity contribution >= 4 is 11.7 Å². The van der Waals surface area contributed by atoms with E-state index in [0.29, 0.717) is 12.5 Å². The second-order valence-electron chi connectivity index (χ2n) is 5.42. The Balaban J connectivity index is 1.71. The first kappa shape index (κ1) is 17.5. The average Bonchev–Trinajstić information content (AvgIpc) is 2.66. The predicted octanol–water partition coefficient (Wildman–Crippen LogP) is 3.73. The van der Waals surface area contributed by atoms with Gasteiger partial charge in [-0.05, 0) is 23.8 Å². The Morgan fingerprint density at radius 1 is 1.00 bits per heavy atom. The molecule has 26 heavy (non-hydrogen) atoms. The minimum atomic E-state index is -4.51. The molecule has 2 aromatic heterocycles. The number of carbonyl (C=O) groups is 1. The van der Waals surface area contributed by atoms with E-state index in [1.54, 1.807) is 18.5 Å². The largest absolute Gasteiger partial charge is 0.416 e. The molecule has 0 atom stereocenters. The predicted molar refractivity (Wildman–Crippen MR) is 88.5 cm³/mol. The van der Waals surface area contributed by atoms with Crippen molar-refractivity contribution in [1.29, 1.82) is 0 Å². The number of pyridine rings is 1. The minimum absolute atomic E-state index is 0.0699. The van der Waals surface area contributed by atoms with Crippen LogP contribution in [0, 0.1) is 0 Å². The lowest BCUT2D eigenvalue weighted by Gasteiger charge is -2.08. The number of carbonyl (C=O) groups excluding carboxylic acids is 1. The highest BCUT2D eigenvalue weighted by Crippen LogP contribution is 2.29. The molecule has 0 saturated heterocycles. The van der Waals surface area contributed by atoms with Crippen LogP contribution in [-0.4, -0.2) is 20.7 Å². The van der Waals surface area contributed by atoms with Gasteiger partial charge in [-0.3, -0.25) is 9.78 Å². The van der Waals surface area contributed by atoms with Crippen molar-refractivity contribution in [1.82, 2.24) is 15.0 Å². The molecule has 0 aliphatic rings. The van der Waals surface area contributed by atoms with Crippen LogP contribution in [0.5, 0.6) is 0 Å². The van der Waals surface area contributed by atoms with E-state index in [-0.39, 0.29) is 11.1 Å². The van der Waals surface area contributed by atoms with E-state index >= 15 is 0 Å². The topological polar surface area (TPSA) is 67.8 Å². The summed E-state index contributed by atoms with van der Waals surface area (Å²) in [5.74, 6) is -0.274. The molecule has 5 nitrogen and oxygen atoms in total. The third-order valence-electron chi connectivity index (χ3n) is 3.54. The van der Waals surface area contributed by atoms with Crippen molar-refractivity contribution in [2.45, 2.75) is 12.7 Å². The molecule has 0 aliphatic carbocycles. The summed E-state index contributed by atoms with van der Waals surface area (Å²) < 4.78 is 38.3. The van der Waals surface area contributed by atoms with Crippen LogP contribution in [0.3, 0.4) is 0 Å². The SMILES string of the molecule is O=C(c1cnc(NCc2cccnc2)nc1)c1cccc(C(F)(F)F)c1. The normalized spacial score (nSPS) is 11.2. The lowest BCUT2D eigenvalue weighted by molar-refractivity contribution is -0.137. The van der Waals surface area contributed by atoms with E-state index in [4.69, 9.17) is 0 Å². The number of hydrogen-bond donors (Lipinski definition) is 1. The number of anilines is 1. The summed E-state index contributed by atoms with van der Waals surface area (Å²) in [6.07, 6.45) is 1.40. The summed E-state index contributed by atoms with van der Waals surface area (Å²) in [4.78, 5) is 24.4. The first-order chi connectivity index (χ1) is 12.4. The van der Waals surface area contributed by atoms with Crippen molar-refractivity contribution in [2.75, 3.05) is 5.32 Å². The summed E-state index contributed by atoms with van der Waals surface area (Å²) >= 11 is 0. The molecule has 8 heteroatoms. The Labute approximate surface area is 147 Å². The van der Waals surface area contributed by atoms with Crippen molar-refractivity contribution in [3.63, 3.8) is 0 Å². The molecular weight excluding hydrogens is 345 g/mol. The fourth-order valence-electron chi connectivity index (χ4n) is 2.22. The second kappa shape index (κ2) is 7.30. The van der Waals surface area contributed by atoms with E-state index in [1.807, 2.05) is 6.07 Å². The van der Waals surface area contributed by atoms with Gasteiger partial charge in [0.15, 0.2) is 5.78 Å². The number of aromatic nitrogens is 3. The minimum Gasteiger partial charge on any atom is -0.350 e. The van der Waals surface area contributed by atoms with E-state index < -0.39 is 17.5 Å². The van der Waals surface area contributed by atoms with Gasteiger partial charge in [-0.25, -0.2) is 9.97 Å². The summed E-state index contributed by atoms with van der Waals surface area (Å²) in [7, 11) is 0. The fraction of sp³-hybridized carbons (Fsp3) is 0.111. The van der Waals surface area contributed by atoms with Gasteiger partial charge in [0.1, 0.15) is 0 Å². The zero-order valence-electron chi connectivity index (χ0n) is 13.4. The maximum Gasteiger partial charge on any atom is 0.416 e. The molecule has 1 N–H and O–H groups in total. The zero-order valence-corrected chi connectivity index (χ0v) is 13.4. The zero-order chi connectivity index (χ0) is 18.6. The summed E-state index contributed by atoms with van der Waals surface area (Å²) in [5.41, 5.74) is 0.0926. The van der Waals surface area contributed by atoms with Gasteiger partial charge in [0.25, 0.3) is 0 Å². The maximum atomic E-state index is 12.8. The highest BCUT2D eigenvalue weighted by atomic mass is 19.4. The first-order valence-corrected chi connectivity index (χ1v) is 7.60. The van der Waals surface area contributed by atoms with E-state index in [9.17, 15) is 18.0 Å². The van der Waals surface area contributed by atoms with Crippen LogP contribution in [-0.2, 0) is 12.7 Å². The molecule has 0 radical (unpaired) electrons. The van der Waals surface area contributed by atoms with Crippen molar-refractivity contribution < 1.29 is 18.0 Å². The number of halogens is 3. The standard InChI is InChI=1S/C18H13F3N4O/c19-18(20,21)15-5-1-4-13(7-15)16(26)14-10-24-17(25-11-14)23-9-12-3-2-6-22-8-12/h1-8,10-11H,9H2,(H,23,24,25). The third kappa shape index (κ3) is 4.21. The lowest BCUT2D eigenvalue weighted by atomic mass is 10.0. The van der Waals surface area contributed by atoms with Gasteiger partial charge in [0.05, 0.1) is 11.1 Å². The molecule has 0 unspecified atom stereocenters. The van der Waals surface area contributed by atoms with Gasteiger partial charge in [-0.15, -0.1) is 0 Å². The Morgan fingerprint density at radius 2 is 1.77 bits per heavy atom. The molecule has 1 aromatic carbocycles. The molecule has 132 valence electrons. The molecule has 3 aromatic rings. The average molecular weight is 358 g/mol. The van der Waals surface area contributed by atoms with Crippen molar-refractivity contribution in [3.8, 4) is 0 Å². The highest BCUT2D eigenvalue weighted by molar-refractivity contribution is 6.08. The molecule has 0 spiro atoms. The summed E-state index contributed by atoms with van der Waals surface area (Å²) in [6.45, 7) is 0.453. The number of nitrogens with zero attached hydrogens (tertiary/aromatic N) is 3. The number of nitrogens with one attached hydrogen (secondary N) is 1. The monoisotopic (exact) mass is 358 g/mol. The highest BCUT2D eigenvalue weighted by Gasteiger charge is 2.31. The van der Waals surface area contributed by atoms with Crippen LogP contribution in [0.4, 0.5) is 19.1 Å². The van der Waals surface area contributed by atoms with Crippen molar-refractivity contribution in [3.05, 3.63) is 83.4 Å². The van der Waals surface area contributed by atoms with Gasteiger partial charge in [-0.2, -0.15) is 13.2 Å². The number of alkyl halides is 3. The Bertz CT molecular complexity index is 896. The van der Waals surface area contributed by atoms with E-state index in [0.717, 1.165) is 17.7 Å². The summed E-state index contributed by atoms with van der Waals surface area (Å²) in [5, 5.41) is 2.97. The van der Waals surface area contributed by atoms with Crippen LogP contribution in [0.25, 0.3) is 0 Å². The number of ketones is 1. The van der Waals surface area contributed by atoms with E-state index in [2.05, 4.69) is 20.3 Å². The molecule has 0 fully saturated rings. The first-order valence-electron chi connectivity index (χ1n) is 7.60. The van der Waals surface area contributed by atoms with Crippen LogP contribution in [0.1, 0.15) is 27.0 Å². The lowest BCUT2D eigenvalue weighted by Crippen LogP contribution is -2.09. The van der Waals surface area contributed by atoms with Gasteiger partial charge < -0.3 is 5.32 Å². The number of rotatable bonds is 5. The fourth-order valence-corrected chi connectivity index (χ4v) is 2.22. The van der Waals surface area contributed by atoms with Gasteiger partial charge in [-0.1, -0.05) is 18.2 Å².